The topological polar surface area (TPSA) is 78.0 Å². The van der Waals surface area contributed by atoms with Crippen molar-refractivity contribution < 1.29 is 9.84 Å². The summed E-state index contributed by atoms with van der Waals surface area (Å²) in [6.07, 6.45) is 6.02. The Hall–Kier alpha value is -3.19. The number of fused-ring (bicyclic) bond motifs is 1. The fraction of sp³-hybridized carbons (Fsp3) is 0.318. The van der Waals surface area contributed by atoms with Crippen LogP contribution in [-0.2, 0) is 6.54 Å². The van der Waals surface area contributed by atoms with Gasteiger partial charge >= 0.3 is 0 Å². The lowest BCUT2D eigenvalue weighted by Gasteiger charge is -2.13. The summed E-state index contributed by atoms with van der Waals surface area (Å²) in [4.78, 5) is 9.79. The van der Waals surface area contributed by atoms with Crippen LogP contribution in [0.5, 0.6) is 5.75 Å². The molecular formula is C22H25N5O2. The molecule has 29 heavy (non-hydrogen) atoms. The van der Waals surface area contributed by atoms with Gasteiger partial charge in [0.1, 0.15) is 11.3 Å². The SMILES string of the molecule is COc1cc(-n2cccn2)ccc1-c1nc2c(C)cn(CC[C@H](C)O)c2nc1C. The first-order valence-corrected chi connectivity index (χ1v) is 9.68. The van der Waals surface area contributed by atoms with Crippen molar-refractivity contribution in [3.8, 4) is 22.7 Å². The van der Waals surface area contributed by atoms with Crippen LogP contribution < -0.4 is 4.74 Å². The van der Waals surface area contributed by atoms with Crippen LogP contribution in [0.25, 0.3) is 28.1 Å². The van der Waals surface area contributed by atoms with Crippen LogP contribution >= 0.6 is 0 Å². The minimum absolute atomic E-state index is 0.348. The van der Waals surface area contributed by atoms with Gasteiger partial charge in [0.25, 0.3) is 0 Å². The molecule has 0 aliphatic carbocycles. The van der Waals surface area contributed by atoms with E-state index in [2.05, 4.69) is 9.67 Å². The van der Waals surface area contributed by atoms with Crippen molar-refractivity contribution in [2.75, 3.05) is 7.11 Å². The smallest absolute Gasteiger partial charge is 0.159 e. The normalized spacial score (nSPS) is 12.4. The monoisotopic (exact) mass is 391 g/mol. The Labute approximate surface area is 169 Å². The van der Waals surface area contributed by atoms with Crippen LogP contribution in [-0.4, -0.2) is 42.6 Å². The van der Waals surface area contributed by atoms with Gasteiger partial charge in [0.2, 0.25) is 0 Å². The molecule has 0 aliphatic rings. The lowest BCUT2D eigenvalue weighted by molar-refractivity contribution is 0.178. The fourth-order valence-electron chi connectivity index (χ4n) is 3.52. The molecule has 7 nitrogen and oxygen atoms in total. The zero-order valence-corrected chi connectivity index (χ0v) is 17.1. The van der Waals surface area contributed by atoms with E-state index in [0.717, 1.165) is 45.1 Å². The maximum Gasteiger partial charge on any atom is 0.159 e. The largest absolute Gasteiger partial charge is 0.496 e. The van der Waals surface area contributed by atoms with E-state index in [-0.39, 0.29) is 6.10 Å². The average molecular weight is 391 g/mol. The van der Waals surface area contributed by atoms with Gasteiger partial charge in [-0.15, -0.1) is 0 Å². The van der Waals surface area contributed by atoms with Gasteiger partial charge in [-0.05, 0) is 51.0 Å². The molecule has 0 amide bonds. The number of hydrogen-bond acceptors (Lipinski definition) is 5. The summed E-state index contributed by atoms with van der Waals surface area (Å²) in [6.45, 7) is 6.50. The van der Waals surface area contributed by atoms with E-state index in [1.54, 1.807) is 24.9 Å². The van der Waals surface area contributed by atoms with E-state index in [1.165, 1.54) is 0 Å². The van der Waals surface area contributed by atoms with Crippen LogP contribution in [0.3, 0.4) is 0 Å². The number of aryl methyl sites for hydroxylation is 3. The van der Waals surface area contributed by atoms with Gasteiger partial charge in [-0.3, -0.25) is 0 Å². The van der Waals surface area contributed by atoms with Gasteiger partial charge in [0.15, 0.2) is 5.65 Å². The van der Waals surface area contributed by atoms with Crippen molar-refractivity contribution in [3.05, 3.63) is 54.1 Å². The van der Waals surface area contributed by atoms with E-state index >= 15 is 0 Å². The molecule has 0 spiro atoms. The number of benzene rings is 1. The number of aliphatic hydroxyl groups is 1. The third-order valence-corrected chi connectivity index (χ3v) is 5.04. The predicted octanol–water partition coefficient (Wildman–Crippen LogP) is 3.68. The van der Waals surface area contributed by atoms with Crippen LogP contribution in [0.1, 0.15) is 24.6 Å². The molecule has 0 saturated carbocycles. The molecule has 3 heterocycles. The van der Waals surface area contributed by atoms with Gasteiger partial charge in [0, 0.05) is 36.8 Å². The molecule has 0 unspecified atom stereocenters. The zero-order valence-electron chi connectivity index (χ0n) is 17.1. The molecule has 0 fully saturated rings. The minimum Gasteiger partial charge on any atom is -0.496 e. The minimum atomic E-state index is -0.348. The number of rotatable bonds is 6. The number of aromatic nitrogens is 5. The molecule has 1 atom stereocenters. The molecule has 0 aliphatic heterocycles. The Bertz CT molecular complexity index is 1150. The van der Waals surface area contributed by atoms with Crippen molar-refractivity contribution in [3.63, 3.8) is 0 Å². The summed E-state index contributed by atoms with van der Waals surface area (Å²) in [6, 6.07) is 7.83. The zero-order chi connectivity index (χ0) is 20.5. The standard InChI is InChI=1S/C22H25N5O2/c1-14-13-26(11-8-15(2)28)22-20(14)25-21(16(3)24-22)18-7-6-17(12-19(18)29-4)27-10-5-9-23-27/h5-7,9-10,12-13,15,28H,8,11H2,1-4H3/t15-/m0/s1. The van der Waals surface area contributed by atoms with Gasteiger partial charge in [-0.25, -0.2) is 14.6 Å². The molecule has 1 N–H and O–H groups in total. The quantitative estimate of drug-likeness (QED) is 0.542. The Balaban J connectivity index is 1.80. The van der Waals surface area contributed by atoms with Crippen molar-refractivity contribution in [1.82, 2.24) is 24.3 Å². The summed E-state index contributed by atoms with van der Waals surface area (Å²) in [7, 11) is 1.66. The number of ether oxygens (including phenoxy) is 1. The molecular weight excluding hydrogens is 366 g/mol. The Morgan fingerprint density at radius 3 is 2.72 bits per heavy atom. The molecule has 0 bridgehead atoms. The Morgan fingerprint density at radius 2 is 2.03 bits per heavy atom. The maximum absolute atomic E-state index is 9.62. The highest BCUT2D eigenvalue weighted by Crippen LogP contribution is 2.33. The predicted molar refractivity (Wildman–Crippen MR) is 112 cm³/mol. The molecule has 4 aromatic rings. The van der Waals surface area contributed by atoms with Crippen LogP contribution in [0.4, 0.5) is 0 Å². The van der Waals surface area contributed by atoms with E-state index in [9.17, 15) is 5.11 Å². The first-order valence-electron chi connectivity index (χ1n) is 9.68. The van der Waals surface area contributed by atoms with E-state index < -0.39 is 0 Å². The highest BCUT2D eigenvalue weighted by molar-refractivity contribution is 5.81. The second kappa shape index (κ2) is 7.67. The van der Waals surface area contributed by atoms with Gasteiger partial charge in [-0.2, -0.15) is 5.10 Å². The van der Waals surface area contributed by atoms with Crippen LogP contribution in [0.2, 0.25) is 0 Å². The highest BCUT2D eigenvalue weighted by Gasteiger charge is 2.17. The highest BCUT2D eigenvalue weighted by atomic mass is 16.5. The van der Waals surface area contributed by atoms with Gasteiger partial charge in [-0.1, -0.05) is 0 Å². The molecule has 1 aromatic carbocycles. The van der Waals surface area contributed by atoms with E-state index in [1.807, 2.05) is 50.5 Å². The van der Waals surface area contributed by atoms with Crippen molar-refractivity contribution in [2.45, 2.75) is 39.8 Å². The Kier molecular flexibility index (Phi) is 5.07. The molecule has 3 aromatic heterocycles. The van der Waals surface area contributed by atoms with Crippen molar-refractivity contribution >= 4 is 11.2 Å². The molecule has 0 radical (unpaired) electrons. The lowest BCUT2D eigenvalue weighted by atomic mass is 10.1. The van der Waals surface area contributed by atoms with Gasteiger partial charge in [0.05, 0.1) is 30.3 Å². The number of methoxy groups -OCH3 is 1. The van der Waals surface area contributed by atoms with E-state index in [0.29, 0.717) is 13.0 Å². The third kappa shape index (κ3) is 3.61. The summed E-state index contributed by atoms with van der Waals surface area (Å²) >= 11 is 0. The summed E-state index contributed by atoms with van der Waals surface area (Å²) in [5.74, 6) is 0.723. The number of nitrogens with zero attached hydrogens (tertiary/aromatic N) is 5. The summed E-state index contributed by atoms with van der Waals surface area (Å²) in [5, 5.41) is 13.9. The van der Waals surface area contributed by atoms with E-state index in [4.69, 9.17) is 14.7 Å². The number of aliphatic hydroxyl groups excluding tert-OH is 1. The van der Waals surface area contributed by atoms with Gasteiger partial charge < -0.3 is 14.4 Å². The first-order chi connectivity index (χ1) is 14.0. The van der Waals surface area contributed by atoms with Crippen molar-refractivity contribution in [2.24, 2.45) is 0 Å². The molecule has 4 rings (SSSR count). The average Bonchev–Trinajstić information content (AvgIpc) is 3.34. The Morgan fingerprint density at radius 1 is 1.21 bits per heavy atom. The summed E-state index contributed by atoms with van der Waals surface area (Å²) < 4.78 is 9.52. The summed E-state index contributed by atoms with van der Waals surface area (Å²) in [5.41, 5.74) is 6.23. The maximum atomic E-state index is 9.62. The van der Waals surface area contributed by atoms with Crippen LogP contribution in [0.15, 0.2) is 42.9 Å². The lowest BCUT2D eigenvalue weighted by Crippen LogP contribution is -2.07. The molecule has 0 saturated heterocycles. The molecule has 150 valence electrons. The van der Waals surface area contributed by atoms with Crippen LogP contribution in [0, 0.1) is 13.8 Å². The third-order valence-electron chi connectivity index (χ3n) is 5.04. The number of hydrogen-bond donors (Lipinski definition) is 1. The fourth-order valence-corrected chi connectivity index (χ4v) is 3.52. The second-order valence-electron chi connectivity index (χ2n) is 7.31. The molecule has 7 heteroatoms. The van der Waals surface area contributed by atoms with Crippen molar-refractivity contribution in [1.29, 1.82) is 0 Å². The second-order valence-corrected chi connectivity index (χ2v) is 7.31. The first kappa shape index (κ1) is 19.1.